The van der Waals surface area contributed by atoms with Gasteiger partial charge >= 0.3 is 6.09 Å². The van der Waals surface area contributed by atoms with E-state index in [4.69, 9.17) is 4.74 Å². The van der Waals surface area contributed by atoms with E-state index in [2.05, 4.69) is 0 Å². The molecule has 2 atom stereocenters. The number of ether oxygens (including phenoxy) is 1. The van der Waals surface area contributed by atoms with Crippen LogP contribution in [0.1, 0.15) is 52.9 Å². The van der Waals surface area contributed by atoms with Crippen LogP contribution in [0.2, 0.25) is 0 Å². The fraction of sp³-hybridized carbons (Fsp3) is 0.929. The summed E-state index contributed by atoms with van der Waals surface area (Å²) in [6, 6.07) is 0. The Morgan fingerprint density at radius 3 is 2.56 bits per heavy atom. The van der Waals surface area contributed by atoms with Crippen LogP contribution in [-0.2, 0) is 4.74 Å². The highest BCUT2D eigenvalue weighted by Crippen LogP contribution is 2.45. The molecule has 2 aliphatic rings. The second-order valence-corrected chi connectivity index (χ2v) is 6.78. The van der Waals surface area contributed by atoms with E-state index >= 15 is 0 Å². The van der Waals surface area contributed by atoms with Crippen molar-refractivity contribution in [3.63, 3.8) is 0 Å². The molecule has 2 rings (SSSR count). The molecule has 0 aromatic rings. The standard InChI is InChI=1S/C14H25NO3/c1-13(2,3)18-12(17)15-9-5-8-14(10-15)7-4-6-11(14)16/h11,16H,4-10H2,1-3H3/t11-,14-/m0/s1. The van der Waals surface area contributed by atoms with E-state index in [0.29, 0.717) is 6.54 Å². The van der Waals surface area contributed by atoms with Crippen LogP contribution in [0.3, 0.4) is 0 Å². The first-order valence-electron chi connectivity index (χ1n) is 6.98. The van der Waals surface area contributed by atoms with Crippen LogP contribution in [-0.4, -0.2) is 40.9 Å². The number of carbonyl (C=O) groups excluding carboxylic acids is 1. The second kappa shape index (κ2) is 4.72. The largest absolute Gasteiger partial charge is 0.444 e. The molecule has 0 aromatic carbocycles. The maximum atomic E-state index is 12.1. The molecule has 0 radical (unpaired) electrons. The SMILES string of the molecule is CC(C)(C)OC(=O)N1CCC[C@@]2(CCC[C@@H]2O)C1. The average Bonchev–Trinajstić information content (AvgIpc) is 2.58. The number of aliphatic hydroxyl groups is 1. The predicted octanol–water partition coefficient (Wildman–Crippen LogP) is 2.55. The number of rotatable bonds is 0. The molecule has 1 amide bonds. The lowest BCUT2D eigenvalue weighted by atomic mass is 9.77. The zero-order valence-corrected chi connectivity index (χ0v) is 11.7. The highest BCUT2D eigenvalue weighted by atomic mass is 16.6. The number of aliphatic hydroxyl groups excluding tert-OH is 1. The summed E-state index contributed by atoms with van der Waals surface area (Å²) in [6.07, 6.45) is 4.51. The van der Waals surface area contributed by atoms with Crippen molar-refractivity contribution in [2.45, 2.75) is 64.6 Å². The molecule has 1 N–H and O–H groups in total. The Labute approximate surface area is 109 Å². The van der Waals surface area contributed by atoms with Gasteiger partial charge in [0.05, 0.1) is 6.10 Å². The maximum Gasteiger partial charge on any atom is 0.410 e. The van der Waals surface area contributed by atoms with Crippen LogP contribution in [0.15, 0.2) is 0 Å². The van der Waals surface area contributed by atoms with Crippen LogP contribution < -0.4 is 0 Å². The summed E-state index contributed by atoms with van der Waals surface area (Å²) in [6.45, 7) is 7.06. The van der Waals surface area contributed by atoms with Gasteiger partial charge in [-0.2, -0.15) is 0 Å². The smallest absolute Gasteiger partial charge is 0.410 e. The Hall–Kier alpha value is -0.770. The summed E-state index contributed by atoms with van der Waals surface area (Å²) in [7, 11) is 0. The van der Waals surface area contributed by atoms with E-state index < -0.39 is 5.60 Å². The molecule has 1 saturated heterocycles. The Kier molecular flexibility index (Phi) is 3.58. The first-order chi connectivity index (χ1) is 8.32. The number of hydrogen-bond acceptors (Lipinski definition) is 3. The Bertz CT molecular complexity index is 323. The van der Waals surface area contributed by atoms with Gasteiger partial charge in [-0.1, -0.05) is 6.42 Å². The van der Waals surface area contributed by atoms with Crippen molar-refractivity contribution in [2.75, 3.05) is 13.1 Å². The van der Waals surface area contributed by atoms with Gasteiger partial charge in [0.2, 0.25) is 0 Å². The number of piperidine rings is 1. The Morgan fingerprint density at radius 2 is 2.00 bits per heavy atom. The topological polar surface area (TPSA) is 49.8 Å². The average molecular weight is 255 g/mol. The molecule has 1 heterocycles. The summed E-state index contributed by atoms with van der Waals surface area (Å²) < 4.78 is 5.42. The molecule has 0 bridgehead atoms. The molecule has 1 aliphatic carbocycles. The van der Waals surface area contributed by atoms with Gasteiger partial charge in [0.1, 0.15) is 5.60 Å². The zero-order valence-electron chi connectivity index (χ0n) is 11.7. The van der Waals surface area contributed by atoms with Gasteiger partial charge in [0, 0.05) is 18.5 Å². The highest BCUT2D eigenvalue weighted by molar-refractivity contribution is 5.68. The summed E-state index contributed by atoms with van der Waals surface area (Å²) in [5, 5.41) is 10.2. The van der Waals surface area contributed by atoms with Gasteiger partial charge in [0.15, 0.2) is 0 Å². The van der Waals surface area contributed by atoms with Crippen LogP contribution >= 0.6 is 0 Å². The van der Waals surface area contributed by atoms with Crippen molar-refractivity contribution in [2.24, 2.45) is 5.41 Å². The quantitative estimate of drug-likeness (QED) is 0.723. The lowest BCUT2D eigenvalue weighted by Crippen LogP contribution is -2.50. The van der Waals surface area contributed by atoms with Crippen molar-refractivity contribution in [1.29, 1.82) is 0 Å². The second-order valence-electron chi connectivity index (χ2n) is 6.78. The van der Waals surface area contributed by atoms with Crippen molar-refractivity contribution in [3.05, 3.63) is 0 Å². The lowest BCUT2D eigenvalue weighted by Gasteiger charge is -2.42. The van der Waals surface area contributed by atoms with Crippen molar-refractivity contribution in [3.8, 4) is 0 Å². The molecule has 0 unspecified atom stereocenters. The molecule has 1 aliphatic heterocycles. The predicted molar refractivity (Wildman–Crippen MR) is 69.3 cm³/mol. The third-order valence-electron chi connectivity index (χ3n) is 4.12. The van der Waals surface area contributed by atoms with Crippen molar-refractivity contribution < 1.29 is 14.6 Å². The van der Waals surface area contributed by atoms with E-state index in [1.807, 2.05) is 20.8 Å². The molecule has 4 heteroatoms. The van der Waals surface area contributed by atoms with Gasteiger partial charge < -0.3 is 14.7 Å². The first-order valence-corrected chi connectivity index (χ1v) is 6.98. The molecular formula is C14H25NO3. The number of nitrogens with zero attached hydrogens (tertiary/aromatic N) is 1. The fourth-order valence-electron chi connectivity index (χ4n) is 3.24. The van der Waals surface area contributed by atoms with Crippen LogP contribution in [0.4, 0.5) is 4.79 Å². The summed E-state index contributed by atoms with van der Waals surface area (Å²) in [5.74, 6) is 0. The molecule has 4 nitrogen and oxygen atoms in total. The van der Waals surface area contributed by atoms with E-state index in [9.17, 15) is 9.90 Å². The van der Waals surface area contributed by atoms with Gasteiger partial charge in [-0.3, -0.25) is 0 Å². The van der Waals surface area contributed by atoms with E-state index in [1.54, 1.807) is 4.90 Å². The molecular weight excluding hydrogens is 230 g/mol. The van der Waals surface area contributed by atoms with Gasteiger partial charge in [-0.15, -0.1) is 0 Å². The minimum absolute atomic E-state index is 0.0604. The van der Waals surface area contributed by atoms with Gasteiger partial charge in [-0.05, 0) is 46.5 Å². The minimum Gasteiger partial charge on any atom is -0.444 e. The first kappa shape index (κ1) is 13.7. The number of hydrogen-bond donors (Lipinski definition) is 1. The number of carbonyl (C=O) groups is 1. The zero-order chi connectivity index (χ0) is 13.4. The third-order valence-corrected chi connectivity index (χ3v) is 4.12. The molecule has 1 saturated carbocycles. The van der Waals surface area contributed by atoms with Crippen LogP contribution in [0.5, 0.6) is 0 Å². The Balaban J connectivity index is 2.01. The number of amides is 1. The number of likely N-dealkylation sites (tertiary alicyclic amines) is 1. The van der Waals surface area contributed by atoms with E-state index in [1.165, 1.54) is 0 Å². The summed E-state index contributed by atoms with van der Waals surface area (Å²) >= 11 is 0. The molecule has 1 spiro atoms. The molecule has 18 heavy (non-hydrogen) atoms. The van der Waals surface area contributed by atoms with Gasteiger partial charge in [0.25, 0.3) is 0 Å². The normalized spacial score (nSPS) is 32.9. The third kappa shape index (κ3) is 2.79. The van der Waals surface area contributed by atoms with Gasteiger partial charge in [-0.25, -0.2) is 4.79 Å². The van der Waals surface area contributed by atoms with Crippen LogP contribution in [0, 0.1) is 5.41 Å². The Morgan fingerprint density at radius 1 is 1.33 bits per heavy atom. The van der Waals surface area contributed by atoms with Crippen molar-refractivity contribution >= 4 is 6.09 Å². The van der Waals surface area contributed by atoms with E-state index in [-0.39, 0.29) is 17.6 Å². The fourth-order valence-corrected chi connectivity index (χ4v) is 3.24. The summed E-state index contributed by atoms with van der Waals surface area (Å²) in [5.41, 5.74) is -0.509. The molecule has 2 fully saturated rings. The van der Waals surface area contributed by atoms with E-state index in [0.717, 1.165) is 38.6 Å². The van der Waals surface area contributed by atoms with Crippen molar-refractivity contribution in [1.82, 2.24) is 4.90 Å². The minimum atomic E-state index is -0.448. The monoisotopic (exact) mass is 255 g/mol. The molecule has 104 valence electrons. The molecule has 0 aromatic heterocycles. The summed E-state index contributed by atoms with van der Waals surface area (Å²) in [4.78, 5) is 13.9. The highest BCUT2D eigenvalue weighted by Gasteiger charge is 2.46. The lowest BCUT2D eigenvalue weighted by molar-refractivity contribution is -0.0271. The van der Waals surface area contributed by atoms with Crippen LogP contribution in [0.25, 0.3) is 0 Å². The maximum absolute atomic E-state index is 12.1.